The molecule has 0 aliphatic carbocycles. The Bertz CT molecular complexity index is 567. The van der Waals surface area contributed by atoms with Crippen molar-refractivity contribution in [2.75, 3.05) is 6.54 Å². The molecule has 0 radical (unpaired) electrons. The molecule has 1 aromatic carbocycles. The maximum Gasteiger partial charge on any atom is 0.226 e. The van der Waals surface area contributed by atoms with Gasteiger partial charge in [-0.1, -0.05) is 19.9 Å². The van der Waals surface area contributed by atoms with Gasteiger partial charge in [-0.05, 0) is 44.5 Å². The Hall–Kier alpha value is -1.68. The third kappa shape index (κ3) is 4.14. The van der Waals surface area contributed by atoms with Gasteiger partial charge in [0.05, 0.1) is 5.69 Å². The SMILES string of the molecule is CCCN(Cc1coc(-c2cccc(F)c2)n1)C(C)CC. The second-order valence-corrected chi connectivity index (χ2v) is 5.38. The van der Waals surface area contributed by atoms with Crippen LogP contribution in [0.25, 0.3) is 11.5 Å². The molecular weight excluding hydrogens is 267 g/mol. The van der Waals surface area contributed by atoms with Gasteiger partial charge in [0.1, 0.15) is 12.1 Å². The Morgan fingerprint density at radius 2 is 2.14 bits per heavy atom. The average Bonchev–Trinajstić information content (AvgIpc) is 2.94. The van der Waals surface area contributed by atoms with Gasteiger partial charge in [0.15, 0.2) is 0 Å². The molecule has 0 amide bonds. The van der Waals surface area contributed by atoms with Crippen LogP contribution in [0.15, 0.2) is 34.9 Å². The van der Waals surface area contributed by atoms with Crippen molar-refractivity contribution in [2.24, 2.45) is 0 Å². The van der Waals surface area contributed by atoms with Crippen molar-refractivity contribution in [3.8, 4) is 11.5 Å². The predicted molar refractivity (Wildman–Crippen MR) is 82.4 cm³/mol. The van der Waals surface area contributed by atoms with E-state index in [0.717, 1.165) is 31.6 Å². The second kappa shape index (κ2) is 7.36. The number of rotatable bonds is 7. The number of hydrogen-bond acceptors (Lipinski definition) is 3. The molecule has 0 bridgehead atoms. The average molecular weight is 290 g/mol. The first-order chi connectivity index (χ1) is 10.1. The summed E-state index contributed by atoms with van der Waals surface area (Å²) in [6, 6.07) is 6.83. The first kappa shape index (κ1) is 15.7. The van der Waals surface area contributed by atoms with Gasteiger partial charge >= 0.3 is 0 Å². The second-order valence-electron chi connectivity index (χ2n) is 5.38. The standard InChI is InChI=1S/C17H23FN2O/c1-4-9-20(13(3)5-2)11-16-12-21-17(19-16)14-7-6-8-15(18)10-14/h6-8,10,12-13H,4-5,9,11H2,1-3H3. The summed E-state index contributed by atoms with van der Waals surface area (Å²) in [6.45, 7) is 8.40. The lowest BCUT2D eigenvalue weighted by molar-refractivity contribution is 0.193. The quantitative estimate of drug-likeness (QED) is 0.752. The zero-order valence-corrected chi connectivity index (χ0v) is 13.0. The maximum atomic E-state index is 13.2. The monoisotopic (exact) mass is 290 g/mol. The molecule has 0 spiro atoms. The van der Waals surface area contributed by atoms with Crippen molar-refractivity contribution < 1.29 is 8.81 Å². The van der Waals surface area contributed by atoms with E-state index in [9.17, 15) is 4.39 Å². The molecule has 114 valence electrons. The third-order valence-electron chi connectivity index (χ3n) is 3.71. The lowest BCUT2D eigenvalue weighted by atomic mass is 10.2. The first-order valence-corrected chi connectivity index (χ1v) is 7.58. The number of halogens is 1. The summed E-state index contributed by atoms with van der Waals surface area (Å²) in [5.41, 5.74) is 1.56. The molecule has 4 heteroatoms. The van der Waals surface area contributed by atoms with E-state index in [1.165, 1.54) is 12.1 Å². The normalized spacial score (nSPS) is 12.8. The van der Waals surface area contributed by atoms with Gasteiger partial charge in [0.25, 0.3) is 0 Å². The van der Waals surface area contributed by atoms with Gasteiger partial charge in [-0.3, -0.25) is 4.90 Å². The molecule has 0 saturated carbocycles. The van der Waals surface area contributed by atoms with Crippen molar-refractivity contribution in [3.05, 3.63) is 42.0 Å². The molecule has 2 aromatic rings. The highest BCUT2D eigenvalue weighted by atomic mass is 19.1. The van der Waals surface area contributed by atoms with Crippen molar-refractivity contribution in [2.45, 2.75) is 46.2 Å². The van der Waals surface area contributed by atoms with Gasteiger partial charge in [-0.25, -0.2) is 9.37 Å². The molecule has 0 aliphatic heterocycles. The van der Waals surface area contributed by atoms with Gasteiger partial charge in [-0.15, -0.1) is 0 Å². The largest absolute Gasteiger partial charge is 0.444 e. The molecule has 1 atom stereocenters. The Balaban J connectivity index is 2.12. The molecular formula is C17H23FN2O. The van der Waals surface area contributed by atoms with Crippen LogP contribution in [0.4, 0.5) is 4.39 Å². The van der Waals surface area contributed by atoms with Gasteiger partial charge in [-0.2, -0.15) is 0 Å². The van der Waals surface area contributed by atoms with Crippen LogP contribution < -0.4 is 0 Å². The van der Waals surface area contributed by atoms with Crippen LogP contribution >= 0.6 is 0 Å². The van der Waals surface area contributed by atoms with Gasteiger partial charge in [0, 0.05) is 18.2 Å². The molecule has 1 unspecified atom stereocenters. The van der Waals surface area contributed by atoms with Gasteiger partial charge < -0.3 is 4.42 Å². The number of aromatic nitrogens is 1. The number of oxazole rings is 1. The number of hydrogen-bond donors (Lipinski definition) is 0. The topological polar surface area (TPSA) is 29.3 Å². The van der Waals surface area contributed by atoms with Gasteiger partial charge in [0.2, 0.25) is 5.89 Å². The minimum atomic E-state index is -0.278. The van der Waals surface area contributed by atoms with Crippen molar-refractivity contribution in [1.29, 1.82) is 0 Å². The molecule has 1 heterocycles. The van der Waals surface area contributed by atoms with Crippen LogP contribution in [-0.2, 0) is 6.54 Å². The van der Waals surface area contributed by atoms with E-state index in [2.05, 4.69) is 30.7 Å². The van der Waals surface area contributed by atoms with E-state index in [4.69, 9.17) is 4.42 Å². The highest BCUT2D eigenvalue weighted by Gasteiger charge is 2.15. The van der Waals surface area contributed by atoms with Crippen LogP contribution in [0.3, 0.4) is 0 Å². The van der Waals surface area contributed by atoms with Crippen LogP contribution in [0.1, 0.15) is 39.3 Å². The fourth-order valence-electron chi connectivity index (χ4n) is 2.34. The highest BCUT2D eigenvalue weighted by Crippen LogP contribution is 2.20. The lowest BCUT2D eigenvalue weighted by Crippen LogP contribution is -2.32. The minimum absolute atomic E-state index is 0.278. The third-order valence-corrected chi connectivity index (χ3v) is 3.71. The fourth-order valence-corrected chi connectivity index (χ4v) is 2.34. The van der Waals surface area contributed by atoms with E-state index < -0.39 is 0 Å². The van der Waals surface area contributed by atoms with E-state index in [1.807, 2.05) is 0 Å². The molecule has 0 aliphatic rings. The zero-order chi connectivity index (χ0) is 15.2. The van der Waals surface area contributed by atoms with Crippen LogP contribution in [0.2, 0.25) is 0 Å². The van der Waals surface area contributed by atoms with E-state index in [-0.39, 0.29) is 5.82 Å². The maximum absolute atomic E-state index is 13.2. The Morgan fingerprint density at radius 3 is 2.81 bits per heavy atom. The molecule has 1 aromatic heterocycles. The molecule has 0 saturated heterocycles. The number of nitrogens with zero attached hydrogens (tertiary/aromatic N) is 2. The summed E-state index contributed by atoms with van der Waals surface area (Å²) in [6.07, 6.45) is 3.89. The zero-order valence-electron chi connectivity index (χ0n) is 13.0. The van der Waals surface area contributed by atoms with Crippen molar-refractivity contribution in [1.82, 2.24) is 9.88 Å². The van der Waals surface area contributed by atoms with Crippen LogP contribution in [0.5, 0.6) is 0 Å². The smallest absolute Gasteiger partial charge is 0.226 e. The van der Waals surface area contributed by atoms with Crippen molar-refractivity contribution >= 4 is 0 Å². The van der Waals surface area contributed by atoms with Crippen LogP contribution in [-0.4, -0.2) is 22.5 Å². The minimum Gasteiger partial charge on any atom is -0.444 e. The first-order valence-electron chi connectivity index (χ1n) is 7.58. The van der Waals surface area contributed by atoms with E-state index >= 15 is 0 Å². The Morgan fingerprint density at radius 1 is 1.33 bits per heavy atom. The number of benzene rings is 1. The summed E-state index contributed by atoms with van der Waals surface area (Å²) in [7, 11) is 0. The molecule has 0 fully saturated rings. The molecule has 0 N–H and O–H groups in total. The Kier molecular flexibility index (Phi) is 5.51. The lowest BCUT2D eigenvalue weighted by Gasteiger charge is -2.26. The predicted octanol–water partition coefficient (Wildman–Crippen LogP) is 4.49. The fraction of sp³-hybridized carbons (Fsp3) is 0.471. The molecule has 3 nitrogen and oxygen atoms in total. The molecule has 21 heavy (non-hydrogen) atoms. The van der Waals surface area contributed by atoms with Crippen LogP contribution in [0, 0.1) is 5.82 Å². The summed E-state index contributed by atoms with van der Waals surface area (Å²) < 4.78 is 18.7. The Labute approximate surface area is 125 Å². The summed E-state index contributed by atoms with van der Waals surface area (Å²) in [4.78, 5) is 6.88. The highest BCUT2D eigenvalue weighted by molar-refractivity contribution is 5.52. The summed E-state index contributed by atoms with van der Waals surface area (Å²) >= 11 is 0. The van der Waals surface area contributed by atoms with E-state index in [1.54, 1.807) is 18.4 Å². The summed E-state index contributed by atoms with van der Waals surface area (Å²) in [5.74, 6) is 0.199. The molecule has 2 rings (SSSR count). The van der Waals surface area contributed by atoms with E-state index in [0.29, 0.717) is 17.5 Å². The summed E-state index contributed by atoms with van der Waals surface area (Å²) in [5, 5.41) is 0. The van der Waals surface area contributed by atoms with Crippen molar-refractivity contribution in [3.63, 3.8) is 0 Å².